The topological polar surface area (TPSA) is 32.6 Å². The zero-order valence-corrected chi connectivity index (χ0v) is 8.57. The molecule has 14 heavy (non-hydrogen) atoms. The van der Waals surface area contributed by atoms with Crippen molar-refractivity contribution >= 4 is 11.0 Å². The largest absolute Gasteiger partial charge is 1.00 e. The molecule has 0 aliphatic heterocycles. The van der Waals surface area contributed by atoms with Crippen LogP contribution in [0.2, 0.25) is 0 Å². The lowest BCUT2D eigenvalue weighted by molar-refractivity contribution is -0.645. The highest BCUT2D eigenvalue weighted by molar-refractivity contribution is 5.71. The Balaban J connectivity index is 0.000000980. The molecule has 0 bridgehead atoms. The van der Waals surface area contributed by atoms with Gasteiger partial charge in [-0.2, -0.15) is 5.26 Å². The number of benzene rings is 1. The van der Waals surface area contributed by atoms with Crippen molar-refractivity contribution in [2.75, 3.05) is 0 Å². The number of hydrogen-bond acceptors (Lipinski definition) is 1. The van der Waals surface area contributed by atoms with E-state index in [1.807, 2.05) is 46.8 Å². The zero-order chi connectivity index (χ0) is 9.26. The van der Waals surface area contributed by atoms with Crippen molar-refractivity contribution in [3.05, 3.63) is 30.6 Å². The van der Waals surface area contributed by atoms with E-state index in [0.29, 0.717) is 6.54 Å². The zero-order valence-electron chi connectivity index (χ0n) is 7.81. The summed E-state index contributed by atoms with van der Waals surface area (Å²) in [6.45, 7) is 0.404. The minimum absolute atomic E-state index is 0. The first kappa shape index (κ1) is 10.6. The predicted octanol–water partition coefficient (Wildman–Crippen LogP) is -2.01. The van der Waals surface area contributed by atoms with Gasteiger partial charge in [0.15, 0.2) is 17.6 Å². The first-order chi connectivity index (χ1) is 6.33. The van der Waals surface area contributed by atoms with Gasteiger partial charge in [0.25, 0.3) is 0 Å². The minimum atomic E-state index is 0. The molecule has 0 saturated heterocycles. The molecule has 0 radical (unpaired) electrons. The molecule has 4 heteroatoms. The molecule has 0 amide bonds. The van der Waals surface area contributed by atoms with Crippen molar-refractivity contribution in [3.8, 4) is 6.07 Å². The summed E-state index contributed by atoms with van der Waals surface area (Å²) < 4.78 is 3.96. The van der Waals surface area contributed by atoms with E-state index in [-0.39, 0.29) is 12.4 Å². The molecule has 1 heterocycles. The van der Waals surface area contributed by atoms with Crippen LogP contribution >= 0.6 is 0 Å². The highest BCUT2D eigenvalue weighted by Crippen LogP contribution is 2.09. The van der Waals surface area contributed by atoms with Gasteiger partial charge in [-0.05, 0) is 12.1 Å². The Morgan fingerprint density at radius 2 is 2.14 bits per heavy atom. The Kier molecular flexibility index (Phi) is 3.10. The van der Waals surface area contributed by atoms with Crippen molar-refractivity contribution in [2.45, 2.75) is 6.54 Å². The van der Waals surface area contributed by atoms with E-state index < -0.39 is 0 Å². The third kappa shape index (κ3) is 1.57. The Bertz CT molecular complexity index is 482. The van der Waals surface area contributed by atoms with Crippen molar-refractivity contribution in [1.82, 2.24) is 4.57 Å². The van der Waals surface area contributed by atoms with Crippen molar-refractivity contribution in [1.29, 1.82) is 5.26 Å². The summed E-state index contributed by atoms with van der Waals surface area (Å²) in [4.78, 5) is 0. The van der Waals surface area contributed by atoms with E-state index in [9.17, 15) is 0 Å². The number of nitrogens with zero attached hydrogens (tertiary/aromatic N) is 3. The van der Waals surface area contributed by atoms with Crippen LogP contribution in [0.3, 0.4) is 0 Å². The summed E-state index contributed by atoms with van der Waals surface area (Å²) in [5.41, 5.74) is 2.25. The number of fused-ring (bicyclic) bond motifs is 1. The first-order valence-electron chi connectivity index (χ1n) is 4.13. The molecule has 0 fully saturated rings. The van der Waals surface area contributed by atoms with E-state index in [2.05, 4.69) is 6.07 Å². The van der Waals surface area contributed by atoms with Gasteiger partial charge in [-0.1, -0.05) is 12.1 Å². The molecular weight excluding hydrogens is 198 g/mol. The fourth-order valence-electron chi connectivity index (χ4n) is 1.54. The molecule has 0 N–H and O–H groups in total. The Morgan fingerprint density at radius 3 is 2.86 bits per heavy atom. The number of nitriles is 1. The summed E-state index contributed by atoms with van der Waals surface area (Å²) in [5.74, 6) is 0. The van der Waals surface area contributed by atoms with Crippen LogP contribution in [-0.4, -0.2) is 4.57 Å². The summed E-state index contributed by atoms with van der Waals surface area (Å²) in [7, 11) is 1.98. The molecule has 72 valence electrons. The third-order valence-electron chi connectivity index (χ3n) is 2.12. The second-order valence-corrected chi connectivity index (χ2v) is 3.00. The van der Waals surface area contributed by atoms with Crippen molar-refractivity contribution < 1.29 is 17.0 Å². The first-order valence-corrected chi connectivity index (χ1v) is 4.13. The van der Waals surface area contributed by atoms with Crippen LogP contribution in [0.5, 0.6) is 0 Å². The number of hydrogen-bond donors (Lipinski definition) is 0. The number of imidazole rings is 1. The molecule has 0 unspecified atom stereocenters. The fourth-order valence-corrected chi connectivity index (χ4v) is 1.54. The lowest BCUT2D eigenvalue weighted by Gasteiger charge is -1.86. The van der Waals surface area contributed by atoms with E-state index in [1.54, 1.807) is 0 Å². The van der Waals surface area contributed by atoms with Gasteiger partial charge in [-0.15, -0.1) is 0 Å². The molecule has 2 aromatic rings. The Hall–Kier alpha value is -1.53. The standard InChI is InChI=1S/C10H10N3.ClH/c1-12-8-13(7-6-11)10-5-3-2-4-9(10)12;/h2-5,8H,7H2,1H3;1H/q+1;/p-1. The minimum Gasteiger partial charge on any atom is -1.00 e. The normalized spacial score (nSPS) is 9.43. The van der Waals surface area contributed by atoms with Crippen LogP contribution in [0.25, 0.3) is 11.0 Å². The second-order valence-electron chi connectivity index (χ2n) is 3.00. The van der Waals surface area contributed by atoms with Crippen LogP contribution in [0.15, 0.2) is 30.6 Å². The predicted molar refractivity (Wildman–Crippen MR) is 48.7 cm³/mol. The molecule has 0 spiro atoms. The molecule has 1 aromatic carbocycles. The summed E-state index contributed by atoms with van der Waals surface area (Å²) >= 11 is 0. The lowest BCUT2D eigenvalue weighted by atomic mass is 10.3. The van der Waals surface area contributed by atoms with Gasteiger partial charge < -0.3 is 12.4 Å². The van der Waals surface area contributed by atoms with Gasteiger partial charge in [0.2, 0.25) is 6.33 Å². The quantitative estimate of drug-likeness (QED) is 0.498. The summed E-state index contributed by atoms with van der Waals surface area (Å²) in [5, 5.41) is 8.61. The van der Waals surface area contributed by atoms with E-state index >= 15 is 0 Å². The van der Waals surface area contributed by atoms with Crippen LogP contribution in [0, 0.1) is 11.3 Å². The summed E-state index contributed by atoms with van der Waals surface area (Å²) in [6.07, 6.45) is 1.94. The average Bonchev–Trinajstić information content (AvgIpc) is 2.46. The molecule has 0 saturated carbocycles. The third-order valence-corrected chi connectivity index (χ3v) is 2.12. The van der Waals surface area contributed by atoms with Crippen LogP contribution in [0.1, 0.15) is 0 Å². The maximum atomic E-state index is 8.61. The fraction of sp³-hybridized carbons (Fsp3) is 0.200. The van der Waals surface area contributed by atoms with Crippen LogP contribution in [-0.2, 0) is 13.6 Å². The maximum absolute atomic E-state index is 8.61. The van der Waals surface area contributed by atoms with Gasteiger partial charge in [-0.3, -0.25) is 0 Å². The monoisotopic (exact) mass is 207 g/mol. The molecule has 1 aromatic heterocycles. The number of rotatable bonds is 1. The number of para-hydroxylation sites is 2. The second kappa shape index (κ2) is 4.12. The van der Waals surface area contributed by atoms with Gasteiger partial charge in [-0.25, -0.2) is 9.13 Å². The van der Waals surface area contributed by atoms with Gasteiger partial charge in [0.05, 0.1) is 7.05 Å². The van der Waals surface area contributed by atoms with Crippen LogP contribution in [0.4, 0.5) is 0 Å². The smallest absolute Gasteiger partial charge is 0.245 e. The molecule has 0 aliphatic rings. The van der Waals surface area contributed by atoms with E-state index in [1.165, 1.54) is 0 Å². The Labute approximate surface area is 88.6 Å². The molecule has 0 aliphatic carbocycles. The van der Waals surface area contributed by atoms with Gasteiger partial charge >= 0.3 is 0 Å². The lowest BCUT2D eigenvalue weighted by Crippen LogP contribution is -3.00. The average molecular weight is 208 g/mol. The molecule has 2 rings (SSSR count). The Morgan fingerprint density at radius 1 is 1.43 bits per heavy atom. The highest BCUT2D eigenvalue weighted by Gasteiger charge is 2.10. The van der Waals surface area contributed by atoms with E-state index in [4.69, 9.17) is 5.26 Å². The molecule has 0 atom stereocenters. The molecule has 3 nitrogen and oxygen atoms in total. The van der Waals surface area contributed by atoms with Gasteiger partial charge in [0, 0.05) is 0 Å². The highest BCUT2D eigenvalue weighted by atomic mass is 35.5. The van der Waals surface area contributed by atoms with Crippen molar-refractivity contribution in [2.24, 2.45) is 7.05 Å². The SMILES string of the molecule is C[n+]1cn(CC#N)c2ccccc21.[Cl-]. The van der Waals surface area contributed by atoms with Gasteiger partial charge in [0.1, 0.15) is 6.07 Å². The van der Waals surface area contributed by atoms with Crippen molar-refractivity contribution in [3.63, 3.8) is 0 Å². The maximum Gasteiger partial charge on any atom is 0.245 e. The number of halogens is 1. The van der Waals surface area contributed by atoms with Crippen LogP contribution < -0.4 is 17.0 Å². The summed E-state index contributed by atoms with van der Waals surface area (Å²) in [6, 6.07) is 10.2. The number of aromatic nitrogens is 2. The van der Waals surface area contributed by atoms with E-state index in [0.717, 1.165) is 11.0 Å². The number of aryl methyl sites for hydroxylation is 1. The molecular formula is C10H10ClN3.